The van der Waals surface area contributed by atoms with Crippen molar-refractivity contribution in [3.63, 3.8) is 0 Å². The van der Waals surface area contributed by atoms with Crippen LogP contribution in [-0.2, 0) is 16.1 Å². The number of amides is 1. The first-order valence-electron chi connectivity index (χ1n) is 11.0. The fraction of sp³-hybridized carbons (Fsp3) is 0.333. The quantitative estimate of drug-likeness (QED) is 0.407. The van der Waals surface area contributed by atoms with Gasteiger partial charge in [0.1, 0.15) is 0 Å². The lowest BCUT2D eigenvalue weighted by atomic mass is 9.95. The molecular formula is C24H24BrClN4O4. The fourth-order valence-corrected chi connectivity index (χ4v) is 4.25. The number of carbonyl (C=O) groups is 2. The van der Waals surface area contributed by atoms with E-state index in [0.717, 1.165) is 23.1 Å². The monoisotopic (exact) mass is 546 g/mol. The Morgan fingerprint density at radius 1 is 1.21 bits per heavy atom. The Balaban J connectivity index is 1.29. The Morgan fingerprint density at radius 2 is 1.94 bits per heavy atom. The normalized spacial score (nSPS) is 14.7. The molecule has 0 saturated carbocycles. The van der Waals surface area contributed by atoms with Gasteiger partial charge in [-0.25, -0.2) is 4.79 Å². The molecule has 1 aliphatic heterocycles. The number of anilines is 1. The van der Waals surface area contributed by atoms with Crippen molar-refractivity contribution in [3.8, 4) is 11.4 Å². The van der Waals surface area contributed by atoms with E-state index in [0.29, 0.717) is 36.8 Å². The molecular weight excluding hydrogens is 524 g/mol. The van der Waals surface area contributed by atoms with Crippen LogP contribution in [0.5, 0.6) is 0 Å². The number of halogens is 2. The maximum atomic E-state index is 12.8. The Bertz CT molecular complexity index is 1160. The standard InChI is InChI=1S/C24H24BrClN4O4/c1-2-33-24(32)19-13-18(7-8-20(19)26)27-23(31)16-9-11-30(12-10-16)14-21-28-22(29-34-21)15-3-5-17(25)6-4-15/h3-8,13,16H,2,9-12,14H2,1H3,(H,27,31). The zero-order valence-electron chi connectivity index (χ0n) is 18.6. The van der Waals surface area contributed by atoms with Crippen LogP contribution in [-0.4, -0.2) is 46.6 Å². The van der Waals surface area contributed by atoms with E-state index in [1.165, 1.54) is 0 Å². The van der Waals surface area contributed by atoms with E-state index in [9.17, 15) is 9.59 Å². The highest BCUT2D eigenvalue weighted by Crippen LogP contribution is 2.25. The zero-order valence-corrected chi connectivity index (χ0v) is 20.9. The zero-order chi connectivity index (χ0) is 24.1. The molecule has 0 radical (unpaired) electrons. The lowest BCUT2D eigenvalue weighted by molar-refractivity contribution is -0.121. The van der Waals surface area contributed by atoms with E-state index < -0.39 is 5.97 Å². The molecule has 0 unspecified atom stereocenters. The summed E-state index contributed by atoms with van der Waals surface area (Å²) in [5.41, 5.74) is 1.64. The van der Waals surface area contributed by atoms with Crippen molar-refractivity contribution in [2.24, 2.45) is 5.92 Å². The van der Waals surface area contributed by atoms with Gasteiger partial charge in [-0.1, -0.05) is 32.7 Å². The van der Waals surface area contributed by atoms with Gasteiger partial charge >= 0.3 is 5.97 Å². The molecule has 2 heterocycles. The van der Waals surface area contributed by atoms with Crippen LogP contribution in [0.25, 0.3) is 11.4 Å². The predicted octanol–water partition coefficient (Wildman–Crippen LogP) is 5.18. The lowest BCUT2D eigenvalue weighted by Crippen LogP contribution is -2.37. The molecule has 3 aromatic rings. The van der Waals surface area contributed by atoms with Gasteiger partial charge in [-0.15, -0.1) is 0 Å². The molecule has 4 rings (SSSR count). The third-order valence-electron chi connectivity index (χ3n) is 5.62. The number of rotatable bonds is 7. The summed E-state index contributed by atoms with van der Waals surface area (Å²) in [6, 6.07) is 12.5. The minimum absolute atomic E-state index is 0.0768. The molecule has 0 spiro atoms. The average Bonchev–Trinajstić information content (AvgIpc) is 3.29. The number of esters is 1. The minimum atomic E-state index is -0.513. The molecule has 1 amide bonds. The molecule has 0 aliphatic carbocycles. The average molecular weight is 548 g/mol. The molecule has 1 aromatic heterocycles. The SMILES string of the molecule is CCOC(=O)c1cc(NC(=O)C2CCN(Cc3nc(-c4ccc(Br)cc4)no3)CC2)ccc1Cl. The molecule has 10 heteroatoms. The van der Waals surface area contributed by atoms with E-state index in [1.54, 1.807) is 25.1 Å². The molecule has 8 nitrogen and oxygen atoms in total. The number of carbonyl (C=O) groups excluding carboxylic acids is 2. The second kappa shape index (κ2) is 11.1. The van der Waals surface area contributed by atoms with Crippen LogP contribution in [0.4, 0.5) is 5.69 Å². The van der Waals surface area contributed by atoms with Crippen LogP contribution in [0, 0.1) is 5.92 Å². The highest BCUT2D eigenvalue weighted by Gasteiger charge is 2.26. The molecule has 2 aromatic carbocycles. The number of aromatic nitrogens is 2. The summed E-state index contributed by atoms with van der Waals surface area (Å²) in [6.45, 7) is 3.99. The number of hydrogen-bond donors (Lipinski definition) is 1. The second-order valence-electron chi connectivity index (χ2n) is 7.97. The predicted molar refractivity (Wildman–Crippen MR) is 131 cm³/mol. The molecule has 0 bridgehead atoms. The third kappa shape index (κ3) is 6.02. The summed E-state index contributed by atoms with van der Waals surface area (Å²) in [4.78, 5) is 31.5. The molecule has 34 heavy (non-hydrogen) atoms. The van der Waals surface area contributed by atoms with Crippen LogP contribution in [0.15, 0.2) is 51.5 Å². The van der Waals surface area contributed by atoms with Gasteiger partial charge in [-0.3, -0.25) is 9.69 Å². The number of benzene rings is 2. The summed E-state index contributed by atoms with van der Waals surface area (Å²) in [6.07, 6.45) is 1.41. The Hall–Kier alpha value is -2.75. The van der Waals surface area contributed by atoms with Crippen molar-refractivity contribution in [2.75, 3.05) is 25.0 Å². The minimum Gasteiger partial charge on any atom is -0.462 e. The number of hydrogen-bond acceptors (Lipinski definition) is 7. The molecule has 178 valence electrons. The van der Waals surface area contributed by atoms with Crippen molar-refractivity contribution >= 4 is 45.1 Å². The van der Waals surface area contributed by atoms with Crippen LogP contribution in [0.2, 0.25) is 5.02 Å². The third-order valence-corrected chi connectivity index (χ3v) is 6.48. The van der Waals surface area contributed by atoms with Crippen molar-refractivity contribution in [2.45, 2.75) is 26.3 Å². The maximum absolute atomic E-state index is 12.8. The topological polar surface area (TPSA) is 97.6 Å². The number of nitrogens with one attached hydrogen (secondary N) is 1. The van der Waals surface area contributed by atoms with Gasteiger partial charge in [-0.05, 0) is 75.3 Å². The highest BCUT2D eigenvalue weighted by molar-refractivity contribution is 9.10. The van der Waals surface area contributed by atoms with Crippen LogP contribution in [0.3, 0.4) is 0 Å². The van der Waals surface area contributed by atoms with Crippen molar-refractivity contribution in [3.05, 3.63) is 63.4 Å². The summed E-state index contributed by atoms with van der Waals surface area (Å²) < 4.78 is 11.4. The van der Waals surface area contributed by atoms with E-state index in [-0.39, 0.29) is 29.0 Å². The smallest absolute Gasteiger partial charge is 0.339 e. The van der Waals surface area contributed by atoms with Crippen LogP contribution >= 0.6 is 27.5 Å². The molecule has 1 fully saturated rings. The van der Waals surface area contributed by atoms with Gasteiger partial charge in [0, 0.05) is 21.6 Å². The summed E-state index contributed by atoms with van der Waals surface area (Å²) >= 11 is 9.52. The summed E-state index contributed by atoms with van der Waals surface area (Å²) in [7, 11) is 0. The second-order valence-corrected chi connectivity index (χ2v) is 9.30. The largest absolute Gasteiger partial charge is 0.462 e. The first-order chi connectivity index (χ1) is 16.4. The number of ether oxygens (including phenoxy) is 1. The van der Waals surface area contributed by atoms with Gasteiger partial charge in [0.25, 0.3) is 0 Å². The summed E-state index contributed by atoms with van der Waals surface area (Å²) in [5, 5.41) is 7.26. The van der Waals surface area contributed by atoms with Crippen LogP contribution < -0.4 is 5.32 Å². The van der Waals surface area contributed by atoms with Crippen molar-refractivity contribution in [1.82, 2.24) is 15.0 Å². The van der Waals surface area contributed by atoms with Gasteiger partial charge in [0.05, 0.1) is 23.7 Å². The van der Waals surface area contributed by atoms with E-state index in [1.807, 2.05) is 24.3 Å². The Kier molecular flexibility index (Phi) is 7.97. The van der Waals surface area contributed by atoms with Crippen molar-refractivity contribution in [1.29, 1.82) is 0 Å². The highest BCUT2D eigenvalue weighted by atomic mass is 79.9. The van der Waals surface area contributed by atoms with Gasteiger partial charge in [0.15, 0.2) is 0 Å². The van der Waals surface area contributed by atoms with E-state index in [2.05, 4.69) is 36.3 Å². The summed E-state index contributed by atoms with van der Waals surface area (Å²) in [5.74, 6) is 0.391. The molecule has 1 N–H and O–H groups in total. The lowest BCUT2D eigenvalue weighted by Gasteiger charge is -2.30. The number of nitrogens with zero attached hydrogens (tertiary/aromatic N) is 3. The number of likely N-dealkylation sites (tertiary alicyclic amines) is 1. The molecule has 1 saturated heterocycles. The van der Waals surface area contributed by atoms with Gasteiger partial charge in [-0.2, -0.15) is 4.98 Å². The van der Waals surface area contributed by atoms with Crippen molar-refractivity contribution < 1.29 is 18.8 Å². The molecule has 1 aliphatic rings. The maximum Gasteiger partial charge on any atom is 0.339 e. The first-order valence-corrected chi connectivity index (χ1v) is 12.2. The van der Waals surface area contributed by atoms with E-state index in [4.69, 9.17) is 20.9 Å². The Labute approximate surface area is 210 Å². The number of piperidine rings is 1. The Morgan fingerprint density at radius 3 is 2.65 bits per heavy atom. The van der Waals surface area contributed by atoms with E-state index >= 15 is 0 Å². The first kappa shape index (κ1) is 24.4. The van der Waals surface area contributed by atoms with Crippen LogP contribution in [0.1, 0.15) is 36.0 Å². The van der Waals surface area contributed by atoms with Gasteiger partial charge in [0.2, 0.25) is 17.6 Å². The van der Waals surface area contributed by atoms with Gasteiger partial charge < -0.3 is 14.6 Å². The molecule has 0 atom stereocenters. The fourth-order valence-electron chi connectivity index (χ4n) is 3.79.